The predicted octanol–water partition coefficient (Wildman–Crippen LogP) is 2.33. The standard InChI is InChI=1S/C10H12BrNO3S2/c1-6(13)12-8(10(14)15)4-16-5-9-7(11)2-3-17-9/h2-3,8H,4-5H2,1H3,(H,12,13)(H,14,15)/t8-/m0/s1. The van der Waals surface area contributed by atoms with Crippen LogP contribution >= 0.6 is 39.0 Å². The van der Waals surface area contributed by atoms with Crippen LogP contribution in [0.4, 0.5) is 0 Å². The molecule has 1 amide bonds. The van der Waals surface area contributed by atoms with Gasteiger partial charge in [0.25, 0.3) is 0 Å². The molecule has 0 unspecified atom stereocenters. The van der Waals surface area contributed by atoms with E-state index in [-0.39, 0.29) is 5.91 Å². The fraction of sp³-hybridized carbons (Fsp3) is 0.400. The van der Waals surface area contributed by atoms with E-state index in [1.807, 2.05) is 11.4 Å². The quantitative estimate of drug-likeness (QED) is 0.836. The Morgan fingerprint density at radius 1 is 1.65 bits per heavy atom. The van der Waals surface area contributed by atoms with Crippen molar-refractivity contribution in [2.75, 3.05) is 5.75 Å². The fourth-order valence-electron chi connectivity index (χ4n) is 1.12. The number of hydrogen-bond donors (Lipinski definition) is 2. The van der Waals surface area contributed by atoms with Gasteiger partial charge in [-0.15, -0.1) is 11.3 Å². The van der Waals surface area contributed by atoms with Gasteiger partial charge in [-0.3, -0.25) is 4.79 Å². The molecule has 17 heavy (non-hydrogen) atoms. The highest BCUT2D eigenvalue weighted by molar-refractivity contribution is 9.10. The summed E-state index contributed by atoms with van der Waals surface area (Å²) < 4.78 is 1.04. The Morgan fingerprint density at radius 2 is 2.35 bits per heavy atom. The SMILES string of the molecule is CC(=O)N[C@@H](CSCc1sccc1Br)C(=O)O. The van der Waals surface area contributed by atoms with Crippen LogP contribution in [-0.2, 0) is 15.3 Å². The summed E-state index contributed by atoms with van der Waals surface area (Å²) in [5.41, 5.74) is 0. The molecule has 1 atom stereocenters. The summed E-state index contributed by atoms with van der Waals surface area (Å²) in [6, 6.07) is 1.14. The number of carbonyl (C=O) groups is 2. The van der Waals surface area contributed by atoms with E-state index < -0.39 is 12.0 Å². The summed E-state index contributed by atoms with van der Waals surface area (Å²) >= 11 is 6.52. The summed E-state index contributed by atoms with van der Waals surface area (Å²) in [6.07, 6.45) is 0. The minimum absolute atomic E-state index is 0.324. The molecule has 4 nitrogen and oxygen atoms in total. The molecule has 0 fully saturated rings. The summed E-state index contributed by atoms with van der Waals surface area (Å²) in [4.78, 5) is 22.8. The van der Waals surface area contributed by atoms with Gasteiger partial charge in [-0.05, 0) is 27.4 Å². The number of thiophene rings is 1. The lowest BCUT2D eigenvalue weighted by Gasteiger charge is -2.12. The topological polar surface area (TPSA) is 66.4 Å². The van der Waals surface area contributed by atoms with Crippen molar-refractivity contribution >= 4 is 50.9 Å². The molecule has 2 N–H and O–H groups in total. The van der Waals surface area contributed by atoms with E-state index in [1.54, 1.807) is 11.3 Å². The molecule has 1 aromatic rings. The molecule has 0 aromatic carbocycles. The van der Waals surface area contributed by atoms with Crippen LogP contribution in [0.1, 0.15) is 11.8 Å². The fourth-order valence-corrected chi connectivity index (χ4v) is 4.02. The zero-order valence-corrected chi connectivity index (χ0v) is 12.3. The van der Waals surface area contributed by atoms with E-state index in [4.69, 9.17) is 5.11 Å². The number of amides is 1. The molecule has 0 bridgehead atoms. The number of rotatable bonds is 6. The highest BCUT2D eigenvalue weighted by Crippen LogP contribution is 2.27. The van der Waals surface area contributed by atoms with E-state index >= 15 is 0 Å². The Kier molecular flexibility index (Phi) is 6.01. The summed E-state index contributed by atoms with van der Waals surface area (Å²) in [5.74, 6) is -0.228. The third kappa shape index (κ3) is 5.10. The number of thioether (sulfide) groups is 1. The maximum Gasteiger partial charge on any atom is 0.327 e. The van der Waals surface area contributed by atoms with Crippen LogP contribution in [-0.4, -0.2) is 28.8 Å². The molecule has 0 saturated heterocycles. The summed E-state index contributed by atoms with van der Waals surface area (Å²) in [6.45, 7) is 1.32. The van der Waals surface area contributed by atoms with Gasteiger partial charge in [0, 0.05) is 27.8 Å². The molecular weight excluding hydrogens is 326 g/mol. The molecule has 0 aliphatic carbocycles. The van der Waals surface area contributed by atoms with E-state index in [1.165, 1.54) is 23.6 Å². The van der Waals surface area contributed by atoms with Crippen molar-refractivity contribution in [2.24, 2.45) is 0 Å². The predicted molar refractivity (Wildman–Crippen MR) is 73.4 cm³/mol. The molecule has 0 spiro atoms. The lowest BCUT2D eigenvalue weighted by atomic mass is 10.3. The molecule has 1 aromatic heterocycles. The van der Waals surface area contributed by atoms with Crippen LogP contribution < -0.4 is 5.32 Å². The summed E-state index contributed by atoms with van der Waals surface area (Å²) in [7, 11) is 0. The minimum atomic E-state index is -1.00. The highest BCUT2D eigenvalue weighted by atomic mass is 79.9. The minimum Gasteiger partial charge on any atom is -0.480 e. The molecular formula is C10H12BrNO3S2. The maximum atomic E-state index is 10.9. The number of carbonyl (C=O) groups excluding carboxylic acids is 1. The van der Waals surface area contributed by atoms with Gasteiger partial charge >= 0.3 is 5.97 Å². The normalized spacial score (nSPS) is 12.1. The monoisotopic (exact) mass is 337 g/mol. The lowest BCUT2D eigenvalue weighted by molar-refractivity contribution is -0.140. The Morgan fingerprint density at radius 3 is 2.82 bits per heavy atom. The second kappa shape index (κ2) is 7.03. The average molecular weight is 338 g/mol. The first kappa shape index (κ1) is 14.5. The van der Waals surface area contributed by atoms with Gasteiger partial charge < -0.3 is 10.4 Å². The van der Waals surface area contributed by atoms with Crippen LogP contribution in [0.3, 0.4) is 0 Å². The van der Waals surface area contributed by atoms with E-state index in [2.05, 4.69) is 21.2 Å². The molecule has 7 heteroatoms. The van der Waals surface area contributed by atoms with Gasteiger partial charge in [0.15, 0.2) is 0 Å². The Bertz CT molecular complexity index is 408. The van der Waals surface area contributed by atoms with Gasteiger partial charge in [0.05, 0.1) is 0 Å². The van der Waals surface area contributed by atoms with Crippen molar-refractivity contribution in [1.29, 1.82) is 0 Å². The van der Waals surface area contributed by atoms with Gasteiger partial charge in [-0.1, -0.05) is 0 Å². The van der Waals surface area contributed by atoms with Crippen LogP contribution in [0.2, 0.25) is 0 Å². The second-order valence-electron chi connectivity index (χ2n) is 3.30. The van der Waals surface area contributed by atoms with Crippen LogP contribution in [0.15, 0.2) is 15.9 Å². The Labute approximate surface area is 116 Å². The van der Waals surface area contributed by atoms with Crippen LogP contribution in [0.5, 0.6) is 0 Å². The van der Waals surface area contributed by atoms with Crippen molar-refractivity contribution in [3.05, 3.63) is 20.8 Å². The molecule has 94 valence electrons. The van der Waals surface area contributed by atoms with E-state index in [0.717, 1.165) is 10.2 Å². The highest BCUT2D eigenvalue weighted by Gasteiger charge is 2.18. The Balaban J connectivity index is 2.40. The van der Waals surface area contributed by atoms with Gasteiger partial charge in [0.1, 0.15) is 6.04 Å². The average Bonchev–Trinajstić information content (AvgIpc) is 2.62. The smallest absolute Gasteiger partial charge is 0.327 e. The largest absolute Gasteiger partial charge is 0.480 e. The first-order chi connectivity index (χ1) is 8.00. The Hall–Kier alpha value is -0.530. The number of halogens is 1. The van der Waals surface area contributed by atoms with Gasteiger partial charge in [-0.25, -0.2) is 4.79 Å². The van der Waals surface area contributed by atoms with E-state index in [9.17, 15) is 9.59 Å². The van der Waals surface area contributed by atoms with Crippen molar-refractivity contribution in [3.8, 4) is 0 Å². The van der Waals surface area contributed by atoms with Crippen LogP contribution in [0.25, 0.3) is 0 Å². The molecule has 0 aliphatic heterocycles. The van der Waals surface area contributed by atoms with Crippen molar-refractivity contribution < 1.29 is 14.7 Å². The summed E-state index contributed by atoms with van der Waals surface area (Å²) in [5, 5.41) is 13.3. The van der Waals surface area contributed by atoms with Gasteiger partial charge in [0.2, 0.25) is 5.91 Å². The molecule has 1 heterocycles. The zero-order valence-electron chi connectivity index (χ0n) is 9.10. The lowest BCUT2D eigenvalue weighted by Crippen LogP contribution is -2.41. The van der Waals surface area contributed by atoms with Crippen molar-refractivity contribution in [1.82, 2.24) is 5.32 Å². The number of nitrogens with one attached hydrogen (secondary N) is 1. The third-order valence-electron chi connectivity index (χ3n) is 1.88. The van der Waals surface area contributed by atoms with Crippen molar-refractivity contribution in [3.63, 3.8) is 0 Å². The number of aliphatic carboxylic acids is 1. The molecule has 0 saturated carbocycles. The molecule has 0 radical (unpaired) electrons. The first-order valence-corrected chi connectivity index (χ1v) is 7.63. The first-order valence-electron chi connectivity index (χ1n) is 4.80. The molecule has 0 aliphatic rings. The zero-order chi connectivity index (χ0) is 12.8. The van der Waals surface area contributed by atoms with Crippen molar-refractivity contribution in [2.45, 2.75) is 18.7 Å². The number of carboxylic acid groups (broad SMARTS) is 1. The maximum absolute atomic E-state index is 10.9. The molecule has 1 rings (SSSR count). The number of carboxylic acids is 1. The number of hydrogen-bond acceptors (Lipinski definition) is 4. The third-order valence-corrected chi connectivity index (χ3v) is 5.06. The van der Waals surface area contributed by atoms with E-state index in [0.29, 0.717) is 5.75 Å². The van der Waals surface area contributed by atoms with Crippen LogP contribution in [0, 0.1) is 0 Å². The second-order valence-corrected chi connectivity index (χ2v) is 6.18. The van der Waals surface area contributed by atoms with Gasteiger partial charge in [-0.2, -0.15) is 11.8 Å².